The van der Waals surface area contributed by atoms with Gasteiger partial charge in [-0.15, -0.1) is 0 Å². The smallest absolute Gasteiger partial charge is 0.188 e. The van der Waals surface area contributed by atoms with Gasteiger partial charge in [-0.3, -0.25) is 4.79 Å². The predicted octanol–water partition coefficient (Wildman–Crippen LogP) is 4.05. The fourth-order valence-electron chi connectivity index (χ4n) is 1.77. The molecule has 0 spiro atoms. The zero-order valence-electron chi connectivity index (χ0n) is 10.7. The SMILES string of the molecule is Cc1cccc(C(=O)COCc2ccccc2Cl)c1. The minimum absolute atomic E-state index is 0.0178. The number of aryl methyl sites for hydroxylation is 1. The van der Waals surface area contributed by atoms with Crippen LogP contribution in [0.3, 0.4) is 0 Å². The molecule has 0 heterocycles. The van der Waals surface area contributed by atoms with E-state index in [1.54, 1.807) is 6.07 Å². The summed E-state index contributed by atoms with van der Waals surface area (Å²) in [5, 5.41) is 0.658. The van der Waals surface area contributed by atoms with Crippen molar-refractivity contribution in [1.29, 1.82) is 0 Å². The van der Waals surface area contributed by atoms with Gasteiger partial charge < -0.3 is 4.74 Å². The van der Waals surface area contributed by atoms with Crippen molar-refractivity contribution >= 4 is 17.4 Å². The second-order valence-electron chi connectivity index (χ2n) is 4.38. The van der Waals surface area contributed by atoms with E-state index in [0.717, 1.165) is 11.1 Å². The van der Waals surface area contributed by atoms with Crippen LogP contribution in [0.4, 0.5) is 0 Å². The van der Waals surface area contributed by atoms with E-state index in [9.17, 15) is 4.79 Å². The van der Waals surface area contributed by atoms with Crippen LogP contribution in [0.15, 0.2) is 48.5 Å². The summed E-state index contributed by atoms with van der Waals surface area (Å²) in [6.45, 7) is 2.37. The van der Waals surface area contributed by atoms with Crippen LogP contribution in [0.1, 0.15) is 21.5 Å². The van der Waals surface area contributed by atoms with Gasteiger partial charge in [0.1, 0.15) is 6.61 Å². The van der Waals surface area contributed by atoms with Crippen molar-refractivity contribution in [3.8, 4) is 0 Å². The zero-order chi connectivity index (χ0) is 13.7. The van der Waals surface area contributed by atoms with Crippen molar-refractivity contribution in [2.45, 2.75) is 13.5 Å². The molecule has 19 heavy (non-hydrogen) atoms. The van der Waals surface area contributed by atoms with E-state index in [4.69, 9.17) is 16.3 Å². The largest absolute Gasteiger partial charge is 0.369 e. The van der Waals surface area contributed by atoms with Crippen LogP contribution in [0.5, 0.6) is 0 Å². The highest BCUT2D eigenvalue weighted by atomic mass is 35.5. The average molecular weight is 275 g/mol. The van der Waals surface area contributed by atoms with E-state index < -0.39 is 0 Å². The fraction of sp³-hybridized carbons (Fsp3) is 0.188. The molecule has 0 saturated heterocycles. The molecule has 0 aliphatic heterocycles. The predicted molar refractivity (Wildman–Crippen MR) is 76.6 cm³/mol. The Balaban J connectivity index is 1.90. The van der Waals surface area contributed by atoms with Crippen LogP contribution in [0.2, 0.25) is 5.02 Å². The molecule has 3 heteroatoms. The molecular formula is C16H15ClO2. The van der Waals surface area contributed by atoms with Gasteiger partial charge in [0.2, 0.25) is 0 Å². The molecule has 2 nitrogen and oxygen atoms in total. The van der Waals surface area contributed by atoms with Gasteiger partial charge in [-0.25, -0.2) is 0 Å². The van der Waals surface area contributed by atoms with Crippen LogP contribution in [-0.4, -0.2) is 12.4 Å². The van der Waals surface area contributed by atoms with Gasteiger partial charge in [0.25, 0.3) is 0 Å². The van der Waals surface area contributed by atoms with Gasteiger partial charge in [-0.1, -0.05) is 53.6 Å². The molecule has 0 atom stereocenters. The third-order valence-electron chi connectivity index (χ3n) is 2.79. The number of ketones is 1. The van der Waals surface area contributed by atoms with E-state index >= 15 is 0 Å². The summed E-state index contributed by atoms with van der Waals surface area (Å²) in [5.74, 6) is -0.0178. The summed E-state index contributed by atoms with van der Waals surface area (Å²) < 4.78 is 5.42. The van der Waals surface area contributed by atoms with Crippen LogP contribution in [-0.2, 0) is 11.3 Å². The standard InChI is InChI=1S/C16H15ClO2/c1-12-5-4-7-13(9-12)16(18)11-19-10-14-6-2-3-8-15(14)17/h2-9H,10-11H2,1H3. The third-order valence-corrected chi connectivity index (χ3v) is 3.16. The number of benzene rings is 2. The zero-order valence-corrected chi connectivity index (χ0v) is 11.5. The monoisotopic (exact) mass is 274 g/mol. The van der Waals surface area contributed by atoms with Crippen molar-refractivity contribution in [1.82, 2.24) is 0 Å². The molecule has 2 aromatic carbocycles. The molecule has 0 fully saturated rings. The van der Waals surface area contributed by atoms with E-state index in [1.165, 1.54) is 0 Å². The maximum atomic E-state index is 11.9. The number of halogens is 1. The van der Waals surface area contributed by atoms with Gasteiger partial charge in [0.05, 0.1) is 6.61 Å². The van der Waals surface area contributed by atoms with Crippen molar-refractivity contribution in [2.24, 2.45) is 0 Å². The molecule has 0 amide bonds. The molecular weight excluding hydrogens is 260 g/mol. The first-order chi connectivity index (χ1) is 9.16. The lowest BCUT2D eigenvalue weighted by Gasteiger charge is -2.06. The summed E-state index contributed by atoms with van der Waals surface area (Å²) in [6, 6.07) is 15.0. The number of rotatable bonds is 5. The Labute approximate surface area is 118 Å². The normalized spacial score (nSPS) is 10.4. The summed E-state index contributed by atoms with van der Waals surface area (Å²) in [4.78, 5) is 11.9. The molecule has 0 aromatic heterocycles. The van der Waals surface area contributed by atoms with Crippen LogP contribution >= 0.6 is 11.6 Å². The lowest BCUT2D eigenvalue weighted by atomic mass is 10.1. The van der Waals surface area contributed by atoms with Crippen molar-refractivity contribution < 1.29 is 9.53 Å². The highest BCUT2D eigenvalue weighted by Gasteiger charge is 2.06. The van der Waals surface area contributed by atoms with Gasteiger partial charge in [-0.05, 0) is 24.6 Å². The van der Waals surface area contributed by atoms with Gasteiger partial charge in [0, 0.05) is 10.6 Å². The number of carbonyl (C=O) groups excluding carboxylic acids is 1. The molecule has 0 radical (unpaired) electrons. The molecule has 0 bridgehead atoms. The first-order valence-corrected chi connectivity index (χ1v) is 6.45. The summed E-state index contributed by atoms with van der Waals surface area (Å²) in [5.41, 5.74) is 2.64. The Kier molecular flexibility index (Phi) is 4.72. The molecule has 2 aromatic rings. The minimum atomic E-state index is -0.0178. The van der Waals surface area contributed by atoms with Crippen LogP contribution in [0.25, 0.3) is 0 Å². The number of hydrogen-bond acceptors (Lipinski definition) is 2. The topological polar surface area (TPSA) is 26.3 Å². The van der Waals surface area contributed by atoms with Gasteiger partial charge in [-0.2, -0.15) is 0 Å². The van der Waals surface area contributed by atoms with Crippen molar-refractivity contribution in [3.05, 3.63) is 70.2 Å². The lowest BCUT2D eigenvalue weighted by molar-refractivity contribution is 0.0726. The summed E-state index contributed by atoms with van der Waals surface area (Å²) in [6.07, 6.45) is 0. The second-order valence-corrected chi connectivity index (χ2v) is 4.78. The Hall–Kier alpha value is -1.64. The Morgan fingerprint density at radius 2 is 1.95 bits per heavy atom. The quantitative estimate of drug-likeness (QED) is 0.769. The fourth-order valence-corrected chi connectivity index (χ4v) is 1.96. The molecule has 0 N–H and O–H groups in total. The second kappa shape index (κ2) is 6.50. The Bertz CT molecular complexity index is 578. The maximum absolute atomic E-state index is 11.9. The van der Waals surface area contributed by atoms with E-state index in [2.05, 4.69) is 0 Å². The molecule has 0 saturated carbocycles. The van der Waals surface area contributed by atoms with Gasteiger partial charge >= 0.3 is 0 Å². The number of hydrogen-bond donors (Lipinski definition) is 0. The molecule has 2 rings (SSSR count). The minimum Gasteiger partial charge on any atom is -0.369 e. The number of ether oxygens (including phenoxy) is 1. The molecule has 0 unspecified atom stereocenters. The first kappa shape index (κ1) is 13.8. The van der Waals surface area contributed by atoms with E-state index in [0.29, 0.717) is 17.2 Å². The van der Waals surface area contributed by atoms with Gasteiger partial charge in [0.15, 0.2) is 5.78 Å². The third kappa shape index (κ3) is 3.91. The lowest BCUT2D eigenvalue weighted by Crippen LogP contribution is -2.09. The summed E-state index contributed by atoms with van der Waals surface area (Å²) in [7, 11) is 0. The molecule has 0 aliphatic rings. The molecule has 0 aliphatic carbocycles. The highest BCUT2D eigenvalue weighted by Crippen LogP contribution is 2.15. The highest BCUT2D eigenvalue weighted by molar-refractivity contribution is 6.31. The average Bonchev–Trinajstić information content (AvgIpc) is 2.41. The Morgan fingerprint density at radius 3 is 2.68 bits per heavy atom. The Morgan fingerprint density at radius 1 is 1.16 bits per heavy atom. The van der Waals surface area contributed by atoms with Crippen molar-refractivity contribution in [2.75, 3.05) is 6.61 Å². The first-order valence-electron chi connectivity index (χ1n) is 6.08. The van der Waals surface area contributed by atoms with Crippen LogP contribution in [0, 0.1) is 6.92 Å². The van der Waals surface area contributed by atoms with Crippen molar-refractivity contribution in [3.63, 3.8) is 0 Å². The van der Waals surface area contributed by atoms with Crippen LogP contribution < -0.4 is 0 Å². The summed E-state index contributed by atoms with van der Waals surface area (Å²) >= 11 is 6.01. The maximum Gasteiger partial charge on any atom is 0.188 e. The van der Waals surface area contributed by atoms with E-state index in [1.807, 2.05) is 49.4 Å². The number of carbonyl (C=O) groups is 1. The number of Topliss-reactive ketones (excluding diaryl/α,β-unsaturated/α-hetero) is 1. The molecule has 98 valence electrons. The van der Waals surface area contributed by atoms with E-state index in [-0.39, 0.29) is 12.4 Å².